The van der Waals surface area contributed by atoms with Gasteiger partial charge in [-0.1, -0.05) is 37.3 Å². The summed E-state index contributed by atoms with van der Waals surface area (Å²) >= 11 is 0. The van der Waals surface area contributed by atoms with Crippen molar-refractivity contribution in [1.29, 1.82) is 0 Å². The normalized spacial score (nSPS) is 12.0. The Morgan fingerprint density at radius 1 is 1.14 bits per heavy atom. The number of halogens is 1. The van der Waals surface area contributed by atoms with Crippen molar-refractivity contribution >= 4 is 29.9 Å². The van der Waals surface area contributed by atoms with Gasteiger partial charge in [0.05, 0.1) is 26.9 Å². The number of methoxy groups -OCH3 is 1. The zero-order valence-electron chi connectivity index (χ0n) is 16.9. The summed E-state index contributed by atoms with van der Waals surface area (Å²) in [6.45, 7) is 7.72. The van der Waals surface area contributed by atoms with E-state index < -0.39 is 0 Å². The lowest BCUT2D eigenvalue weighted by molar-refractivity contribution is 0.0931. The van der Waals surface area contributed by atoms with Gasteiger partial charge in [-0.3, -0.25) is 0 Å². The number of nitrogens with one attached hydrogen (secondary N) is 2. The first-order chi connectivity index (χ1) is 13.2. The van der Waals surface area contributed by atoms with Gasteiger partial charge in [0.2, 0.25) is 5.88 Å². The van der Waals surface area contributed by atoms with E-state index in [2.05, 4.69) is 46.6 Å². The quantitative estimate of drug-likeness (QED) is 0.298. The standard InChI is InChI=1S/C21H30N4O2.HI/c1-4-22-21(25-14-19-10-11-23-20(12-19)26-3)24-13-17(2)15-27-16-18-8-6-5-7-9-18;/h5-12,17H,4,13-16H2,1-3H3,(H2,22,24,25);1H. The van der Waals surface area contributed by atoms with Crippen LogP contribution >= 0.6 is 24.0 Å². The Hall–Kier alpha value is -1.87. The van der Waals surface area contributed by atoms with E-state index in [1.54, 1.807) is 13.3 Å². The highest BCUT2D eigenvalue weighted by Crippen LogP contribution is 2.09. The van der Waals surface area contributed by atoms with Crippen LogP contribution in [0.5, 0.6) is 5.88 Å². The van der Waals surface area contributed by atoms with Crippen LogP contribution in [0.3, 0.4) is 0 Å². The molecule has 0 radical (unpaired) electrons. The van der Waals surface area contributed by atoms with Crippen molar-refractivity contribution in [2.45, 2.75) is 27.0 Å². The van der Waals surface area contributed by atoms with Crippen molar-refractivity contribution < 1.29 is 9.47 Å². The number of benzene rings is 1. The van der Waals surface area contributed by atoms with Gasteiger partial charge in [-0.05, 0) is 30.0 Å². The molecule has 1 unspecified atom stereocenters. The molecule has 0 aliphatic heterocycles. The van der Waals surface area contributed by atoms with Crippen LogP contribution in [0, 0.1) is 5.92 Å². The van der Waals surface area contributed by atoms with Crippen LogP contribution in [-0.2, 0) is 17.9 Å². The topological polar surface area (TPSA) is 67.8 Å². The molecule has 1 heterocycles. The lowest BCUT2D eigenvalue weighted by Gasteiger charge is -2.16. The second-order valence-corrected chi connectivity index (χ2v) is 6.39. The van der Waals surface area contributed by atoms with E-state index in [4.69, 9.17) is 9.47 Å². The van der Waals surface area contributed by atoms with E-state index >= 15 is 0 Å². The molecule has 7 heteroatoms. The second kappa shape index (κ2) is 14.2. The molecule has 0 bridgehead atoms. The van der Waals surface area contributed by atoms with Crippen molar-refractivity contribution in [2.24, 2.45) is 10.9 Å². The van der Waals surface area contributed by atoms with E-state index in [0.717, 1.165) is 24.6 Å². The van der Waals surface area contributed by atoms with E-state index in [0.29, 0.717) is 31.6 Å². The molecule has 1 aromatic heterocycles. The van der Waals surface area contributed by atoms with Gasteiger partial charge < -0.3 is 20.1 Å². The number of aliphatic imine (C=N–C) groups is 1. The predicted octanol–water partition coefficient (Wildman–Crippen LogP) is 3.62. The fourth-order valence-corrected chi connectivity index (χ4v) is 2.45. The summed E-state index contributed by atoms with van der Waals surface area (Å²) in [7, 11) is 1.61. The number of ether oxygens (including phenoxy) is 2. The minimum atomic E-state index is 0. The Labute approximate surface area is 185 Å². The highest BCUT2D eigenvalue weighted by atomic mass is 127. The maximum atomic E-state index is 5.81. The summed E-state index contributed by atoms with van der Waals surface area (Å²) in [6.07, 6.45) is 1.73. The highest BCUT2D eigenvalue weighted by Gasteiger charge is 2.05. The second-order valence-electron chi connectivity index (χ2n) is 6.39. The summed E-state index contributed by atoms with van der Waals surface area (Å²) < 4.78 is 11.0. The number of nitrogens with zero attached hydrogens (tertiary/aromatic N) is 2. The Morgan fingerprint density at radius 3 is 2.64 bits per heavy atom. The van der Waals surface area contributed by atoms with Gasteiger partial charge in [0.25, 0.3) is 0 Å². The smallest absolute Gasteiger partial charge is 0.213 e. The maximum Gasteiger partial charge on any atom is 0.213 e. The number of pyridine rings is 1. The molecule has 0 fully saturated rings. The zero-order valence-corrected chi connectivity index (χ0v) is 19.2. The lowest BCUT2D eigenvalue weighted by atomic mass is 10.2. The molecule has 1 aromatic carbocycles. The fourth-order valence-electron chi connectivity index (χ4n) is 2.45. The maximum absolute atomic E-state index is 5.81. The number of rotatable bonds is 10. The number of aromatic nitrogens is 1. The first-order valence-electron chi connectivity index (χ1n) is 9.34. The molecule has 0 saturated carbocycles. The van der Waals surface area contributed by atoms with Gasteiger partial charge in [0, 0.05) is 25.4 Å². The number of hydrogen-bond acceptors (Lipinski definition) is 4. The van der Waals surface area contributed by atoms with Crippen LogP contribution in [0.15, 0.2) is 53.7 Å². The zero-order chi connectivity index (χ0) is 19.3. The lowest BCUT2D eigenvalue weighted by Crippen LogP contribution is -2.40. The van der Waals surface area contributed by atoms with Gasteiger partial charge in [-0.25, -0.2) is 9.98 Å². The van der Waals surface area contributed by atoms with Crippen LogP contribution in [0.1, 0.15) is 25.0 Å². The summed E-state index contributed by atoms with van der Waals surface area (Å²) in [5.41, 5.74) is 2.25. The molecule has 2 rings (SSSR count). The molecule has 28 heavy (non-hydrogen) atoms. The molecule has 2 aromatic rings. The average molecular weight is 498 g/mol. The third-order valence-electron chi connectivity index (χ3n) is 3.90. The Balaban J connectivity index is 0.00000392. The van der Waals surface area contributed by atoms with Gasteiger partial charge in [0.1, 0.15) is 0 Å². The average Bonchev–Trinajstić information content (AvgIpc) is 2.71. The van der Waals surface area contributed by atoms with Gasteiger partial charge in [-0.15, -0.1) is 24.0 Å². The molecule has 0 saturated heterocycles. The molecule has 2 N–H and O–H groups in total. The SMILES string of the molecule is CCNC(=NCc1ccnc(OC)c1)NCC(C)COCc1ccccc1.I. The van der Waals surface area contributed by atoms with Crippen LogP contribution in [0.4, 0.5) is 0 Å². The van der Waals surface area contributed by atoms with Crippen molar-refractivity contribution in [3.05, 3.63) is 59.8 Å². The van der Waals surface area contributed by atoms with Crippen LogP contribution in [-0.4, -0.2) is 37.7 Å². The summed E-state index contributed by atoms with van der Waals surface area (Å²) in [5, 5.41) is 6.65. The first-order valence-corrected chi connectivity index (χ1v) is 9.34. The van der Waals surface area contributed by atoms with Crippen molar-refractivity contribution in [3.63, 3.8) is 0 Å². The van der Waals surface area contributed by atoms with Crippen LogP contribution in [0.2, 0.25) is 0 Å². The van der Waals surface area contributed by atoms with E-state index in [-0.39, 0.29) is 24.0 Å². The molecule has 154 valence electrons. The molecular weight excluding hydrogens is 467 g/mol. The van der Waals surface area contributed by atoms with Gasteiger partial charge >= 0.3 is 0 Å². The monoisotopic (exact) mass is 498 g/mol. The number of guanidine groups is 1. The third kappa shape index (κ3) is 9.36. The predicted molar refractivity (Wildman–Crippen MR) is 124 cm³/mol. The molecule has 0 amide bonds. The summed E-state index contributed by atoms with van der Waals surface area (Å²) in [5.74, 6) is 1.77. The largest absolute Gasteiger partial charge is 0.481 e. The number of hydrogen-bond donors (Lipinski definition) is 2. The van der Waals surface area contributed by atoms with E-state index in [1.165, 1.54) is 5.56 Å². The molecule has 0 aliphatic carbocycles. The molecule has 1 atom stereocenters. The van der Waals surface area contributed by atoms with E-state index in [1.807, 2.05) is 30.3 Å². The summed E-state index contributed by atoms with van der Waals surface area (Å²) in [6, 6.07) is 14.1. The minimum Gasteiger partial charge on any atom is -0.481 e. The van der Waals surface area contributed by atoms with Crippen LogP contribution in [0.25, 0.3) is 0 Å². The highest BCUT2D eigenvalue weighted by molar-refractivity contribution is 14.0. The van der Waals surface area contributed by atoms with Crippen molar-refractivity contribution in [1.82, 2.24) is 15.6 Å². The first kappa shape index (κ1) is 24.2. The molecule has 0 aliphatic rings. The Morgan fingerprint density at radius 2 is 1.93 bits per heavy atom. The molecular formula is C21H31IN4O2. The molecule has 0 spiro atoms. The third-order valence-corrected chi connectivity index (χ3v) is 3.90. The van der Waals surface area contributed by atoms with Crippen molar-refractivity contribution in [2.75, 3.05) is 26.8 Å². The summed E-state index contributed by atoms with van der Waals surface area (Å²) in [4.78, 5) is 8.74. The molecule has 6 nitrogen and oxygen atoms in total. The Bertz CT molecular complexity index is 698. The fraction of sp³-hybridized carbons (Fsp3) is 0.429. The van der Waals surface area contributed by atoms with Gasteiger partial charge in [0.15, 0.2) is 5.96 Å². The van der Waals surface area contributed by atoms with Gasteiger partial charge in [-0.2, -0.15) is 0 Å². The Kier molecular flexibility index (Phi) is 12.2. The van der Waals surface area contributed by atoms with Crippen molar-refractivity contribution in [3.8, 4) is 5.88 Å². The minimum absolute atomic E-state index is 0. The van der Waals surface area contributed by atoms with E-state index in [9.17, 15) is 0 Å². The van der Waals surface area contributed by atoms with Crippen LogP contribution < -0.4 is 15.4 Å².